The third kappa shape index (κ3) is 3.11. The van der Waals surface area contributed by atoms with Gasteiger partial charge >= 0.3 is 0 Å². The van der Waals surface area contributed by atoms with Gasteiger partial charge in [-0.2, -0.15) is 0 Å². The predicted molar refractivity (Wildman–Crippen MR) is 129 cm³/mol. The van der Waals surface area contributed by atoms with Crippen molar-refractivity contribution in [2.75, 3.05) is 13.3 Å². The molecule has 4 heterocycles. The molecule has 2 atom stereocenters. The summed E-state index contributed by atoms with van der Waals surface area (Å²) < 4.78 is 11.1. The molecule has 35 heavy (non-hydrogen) atoms. The zero-order chi connectivity index (χ0) is 23.5. The van der Waals surface area contributed by atoms with E-state index in [0.29, 0.717) is 24.5 Å². The quantitative estimate of drug-likeness (QED) is 0.500. The number of aromatic nitrogens is 1. The molecule has 7 rings (SSSR count). The fourth-order valence-corrected chi connectivity index (χ4v) is 5.69. The highest BCUT2D eigenvalue weighted by molar-refractivity contribution is 5.97. The fraction of sp³-hybridized carbons (Fsp3) is 0.214. The van der Waals surface area contributed by atoms with Crippen LogP contribution in [0, 0.1) is 0 Å². The fourth-order valence-electron chi connectivity index (χ4n) is 5.69. The zero-order valence-electron chi connectivity index (χ0n) is 18.9. The Morgan fingerprint density at radius 1 is 0.914 bits per heavy atom. The van der Waals surface area contributed by atoms with Crippen molar-refractivity contribution in [3.8, 4) is 11.5 Å². The molecule has 3 aliphatic heterocycles. The number of aromatic amines is 1. The lowest BCUT2D eigenvalue weighted by Crippen LogP contribution is -2.62. The van der Waals surface area contributed by atoms with Crippen LogP contribution in [0.2, 0.25) is 0 Å². The molecule has 7 heteroatoms. The molecule has 1 aromatic heterocycles. The van der Waals surface area contributed by atoms with Gasteiger partial charge in [-0.3, -0.25) is 9.59 Å². The van der Waals surface area contributed by atoms with Crippen molar-refractivity contribution in [1.82, 2.24) is 14.8 Å². The maximum Gasteiger partial charge on any atom is 0.246 e. The first-order valence-electron chi connectivity index (χ1n) is 11.8. The zero-order valence-corrected chi connectivity index (χ0v) is 18.9. The summed E-state index contributed by atoms with van der Waals surface area (Å²) in [5.74, 6) is 1.27. The molecule has 0 bridgehead atoms. The molecule has 0 spiro atoms. The Labute approximate surface area is 201 Å². The van der Waals surface area contributed by atoms with Crippen LogP contribution in [0.1, 0.15) is 28.4 Å². The molecule has 1 saturated heterocycles. The molecule has 0 aliphatic carbocycles. The van der Waals surface area contributed by atoms with E-state index in [-0.39, 0.29) is 25.2 Å². The molecular weight excluding hydrogens is 442 g/mol. The molecular formula is C28H23N3O4. The predicted octanol–water partition coefficient (Wildman–Crippen LogP) is 3.78. The van der Waals surface area contributed by atoms with E-state index in [1.54, 1.807) is 9.80 Å². The Balaban J connectivity index is 1.35. The summed E-state index contributed by atoms with van der Waals surface area (Å²) in [6, 6.07) is 22.7. The molecule has 3 aromatic carbocycles. The van der Waals surface area contributed by atoms with Crippen molar-refractivity contribution < 1.29 is 19.1 Å². The van der Waals surface area contributed by atoms with Gasteiger partial charge in [0.15, 0.2) is 11.5 Å². The molecule has 3 aliphatic rings. The van der Waals surface area contributed by atoms with Crippen molar-refractivity contribution in [2.24, 2.45) is 0 Å². The highest BCUT2D eigenvalue weighted by atomic mass is 16.7. The van der Waals surface area contributed by atoms with E-state index < -0.39 is 12.1 Å². The number of carbonyl (C=O) groups is 2. The van der Waals surface area contributed by atoms with Crippen LogP contribution in [0.5, 0.6) is 11.5 Å². The SMILES string of the molecule is O=C1[C@@H]2Cc3c([nH]c4ccccc34)[C@H](c3ccc4c(c3)OCO4)N2C(=O)CN1Cc1ccccc1. The lowest BCUT2D eigenvalue weighted by atomic mass is 9.86. The second-order valence-electron chi connectivity index (χ2n) is 9.28. The first-order chi connectivity index (χ1) is 17.2. The van der Waals surface area contributed by atoms with Crippen molar-refractivity contribution in [2.45, 2.75) is 25.0 Å². The van der Waals surface area contributed by atoms with Gasteiger partial charge in [0, 0.05) is 29.6 Å². The number of amides is 2. The van der Waals surface area contributed by atoms with Gasteiger partial charge in [0.25, 0.3) is 0 Å². The normalized spacial score (nSPS) is 20.8. The number of hydrogen-bond acceptors (Lipinski definition) is 4. The maximum absolute atomic E-state index is 13.8. The van der Waals surface area contributed by atoms with E-state index in [1.807, 2.05) is 66.7 Å². The summed E-state index contributed by atoms with van der Waals surface area (Å²) in [5, 5.41) is 1.09. The smallest absolute Gasteiger partial charge is 0.246 e. The summed E-state index contributed by atoms with van der Waals surface area (Å²) in [6.45, 7) is 0.658. The van der Waals surface area contributed by atoms with Crippen LogP contribution in [-0.2, 0) is 22.6 Å². The number of piperazine rings is 1. The van der Waals surface area contributed by atoms with Crippen LogP contribution in [0.25, 0.3) is 10.9 Å². The Kier molecular flexibility index (Phi) is 4.39. The number of fused-ring (bicyclic) bond motifs is 5. The van der Waals surface area contributed by atoms with Gasteiger partial charge in [0.1, 0.15) is 12.6 Å². The molecule has 0 unspecified atom stereocenters. The van der Waals surface area contributed by atoms with Crippen molar-refractivity contribution in [1.29, 1.82) is 0 Å². The molecule has 0 radical (unpaired) electrons. The van der Waals surface area contributed by atoms with Crippen LogP contribution in [-0.4, -0.2) is 46.0 Å². The van der Waals surface area contributed by atoms with Gasteiger partial charge in [0.05, 0.1) is 6.04 Å². The number of nitrogens with zero attached hydrogens (tertiary/aromatic N) is 2. The third-order valence-corrected chi connectivity index (χ3v) is 7.27. The first kappa shape index (κ1) is 20.1. The van der Waals surface area contributed by atoms with Gasteiger partial charge in [-0.05, 0) is 34.9 Å². The van der Waals surface area contributed by atoms with E-state index in [4.69, 9.17) is 9.47 Å². The minimum absolute atomic E-state index is 0.0184. The summed E-state index contributed by atoms with van der Waals surface area (Å²) in [5.41, 5.74) is 4.96. The lowest BCUT2D eigenvalue weighted by molar-refractivity contribution is -0.159. The topological polar surface area (TPSA) is 74.9 Å². The molecule has 0 saturated carbocycles. The van der Waals surface area contributed by atoms with E-state index in [2.05, 4.69) is 11.1 Å². The number of nitrogens with one attached hydrogen (secondary N) is 1. The highest BCUT2D eigenvalue weighted by Crippen LogP contribution is 2.45. The largest absolute Gasteiger partial charge is 0.454 e. The molecule has 7 nitrogen and oxygen atoms in total. The maximum atomic E-state index is 13.8. The van der Waals surface area contributed by atoms with Gasteiger partial charge in [-0.15, -0.1) is 0 Å². The summed E-state index contributed by atoms with van der Waals surface area (Å²) in [6.07, 6.45) is 0.482. The van der Waals surface area contributed by atoms with Crippen molar-refractivity contribution in [3.05, 3.63) is 95.2 Å². The number of benzene rings is 3. The van der Waals surface area contributed by atoms with Crippen LogP contribution in [0.4, 0.5) is 0 Å². The standard InChI is InChI=1S/C28H23N3O4/c32-25-15-30(14-17-6-2-1-3-7-17)28(33)22-13-20-19-8-4-5-9-21(19)29-26(20)27(31(22)25)18-10-11-23-24(12-18)35-16-34-23/h1-12,22,27,29H,13-16H2/t22-,27-/m0/s1. The molecule has 4 aromatic rings. The number of carbonyl (C=O) groups excluding carboxylic acids is 2. The average Bonchev–Trinajstić information content (AvgIpc) is 3.50. The summed E-state index contributed by atoms with van der Waals surface area (Å²) in [7, 11) is 0. The van der Waals surface area contributed by atoms with Crippen LogP contribution in [0.15, 0.2) is 72.8 Å². The Bertz CT molecular complexity index is 1480. The van der Waals surface area contributed by atoms with Crippen molar-refractivity contribution >= 4 is 22.7 Å². The molecule has 174 valence electrons. The van der Waals surface area contributed by atoms with E-state index in [0.717, 1.165) is 33.3 Å². The minimum Gasteiger partial charge on any atom is -0.454 e. The van der Waals surface area contributed by atoms with Gasteiger partial charge in [0.2, 0.25) is 18.6 Å². The Morgan fingerprint density at radius 2 is 1.71 bits per heavy atom. The van der Waals surface area contributed by atoms with E-state index >= 15 is 0 Å². The highest BCUT2D eigenvalue weighted by Gasteiger charge is 2.48. The van der Waals surface area contributed by atoms with Gasteiger partial charge < -0.3 is 24.3 Å². The summed E-state index contributed by atoms with van der Waals surface area (Å²) >= 11 is 0. The van der Waals surface area contributed by atoms with Crippen LogP contribution in [0.3, 0.4) is 0 Å². The number of rotatable bonds is 3. The number of ether oxygens (including phenoxy) is 2. The molecule has 1 N–H and O–H groups in total. The van der Waals surface area contributed by atoms with Gasteiger partial charge in [-0.1, -0.05) is 54.6 Å². The van der Waals surface area contributed by atoms with Crippen LogP contribution >= 0.6 is 0 Å². The van der Waals surface area contributed by atoms with Crippen molar-refractivity contribution in [3.63, 3.8) is 0 Å². The summed E-state index contributed by atoms with van der Waals surface area (Å²) in [4.78, 5) is 34.5. The van der Waals surface area contributed by atoms with E-state index in [9.17, 15) is 9.59 Å². The second kappa shape index (κ2) is 7.63. The lowest BCUT2D eigenvalue weighted by Gasteiger charge is -2.47. The molecule has 1 fully saturated rings. The Morgan fingerprint density at radius 3 is 2.60 bits per heavy atom. The second-order valence-corrected chi connectivity index (χ2v) is 9.28. The molecule has 2 amide bonds. The number of para-hydroxylation sites is 1. The first-order valence-corrected chi connectivity index (χ1v) is 11.8. The Hall–Kier alpha value is -4.26. The monoisotopic (exact) mass is 465 g/mol. The van der Waals surface area contributed by atoms with E-state index in [1.165, 1.54) is 0 Å². The van der Waals surface area contributed by atoms with Gasteiger partial charge in [-0.25, -0.2) is 0 Å². The van der Waals surface area contributed by atoms with Crippen LogP contribution < -0.4 is 9.47 Å². The average molecular weight is 466 g/mol. The number of hydrogen-bond donors (Lipinski definition) is 1. The third-order valence-electron chi connectivity index (χ3n) is 7.27. The number of H-pyrrole nitrogens is 1. The minimum atomic E-state index is -0.568.